The SMILES string of the molecule is COc1ccc(COC[CH]C(=O)NCCN(C)C)cc1. The number of likely N-dealkylation sites (N-methyl/N-ethyl adjacent to an activating group) is 1. The van der Waals surface area contributed by atoms with Gasteiger partial charge in [-0.15, -0.1) is 0 Å². The molecule has 0 bridgehead atoms. The lowest BCUT2D eigenvalue weighted by Crippen LogP contribution is -2.32. The first-order valence-electron chi connectivity index (χ1n) is 6.58. The number of nitrogens with zero attached hydrogens (tertiary/aromatic N) is 1. The maximum atomic E-state index is 11.4. The lowest BCUT2D eigenvalue weighted by atomic mass is 10.2. The van der Waals surface area contributed by atoms with Gasteiger partial charge in [0, 0.05) is 13.1 Å². The van der Waals surface area contributed by atoms with Crippen molar-refractivity contribution in [2.45, 2.75) is 6.61 Å². The lowest BCUT2D eigenvalue weighted by Gasteiger charge is -2.10. The summed E-state index contributed by atoms with van der Waals surface area (Å²) in [5.74, 6) is 0.724. The zero-order chi connectivity index (χ0) is 14.8. The van der Waals surface area contributed by atoms with Crippen molar-refractivity contribution in [1.29, 1.82) is 0 Å². The van der Waals surface area contributed by atoms with E-state index in [9.17, 15) is 4.79 Å². The van der Waals surface area contributed by atoms with Crippen molar-refractivity contribution in [2.24, 2.45) is 0 Å². The van der Waals surface area contributed by atoms with Gasteiger partial charge in [0.25, 0.3) is 0 Å². The van der Waals surface area contributed by atoms with E-state index in [0.29, 0.717) is 19.8 Å². The molecule has 0 saturated carbocycles. The molecule has 1 N–H and O–H groups in total. The first-order valence-corrected chi connectivity index (χ1v) is 6.58. The average molecular weight is 279 g/mol. The molecule has 5 heteroatoms. The number of hydrogen-bond acceptors (Lipinski definition) is 4. The van der Waals surface area contributed by atoms with Crippen LogP contribution in [0, 0.1) is 6.42 Å². The maximum Gasteiger partial charge on any atom is 0.226 e. The molecule has 0 aliphatic carbocycles. The van der Waals surface area contributed by atoms with Crippen molar-refractivity contribution in [2.75, 3.05) is 40.9 Å². The normalized spacial score (nSPS) is 10.6. The molecule has 0 unspecified atom stereocenters. The van der Waals surface area contributed by atoms with Gasteiger partial charge >= 0.3 is 0 Å². The highest BCUT2D eigenvalue weighted by Crippen LogP contribution is 2.11. The number of amides is 1. The minimum absolute atomic E-state index is 0.0958. The van der Waals surface area contributed by atoms with Gasteiger partial charge < -0.3 is 19.7 Å². The van der Waals surface area contributed by atoms with Gasteiger partial charge in [-0.1, -0.05) is 12.1 Å². The average Bonchev–Trinajstić information content (AvgIpc) is 2.44. The number of carbonyl (C=O) groups is 1. The lowest BCUT2D eigenvalue weighted by molar-refractivity contribution is -0.118. The van der Waals surface area contributed by atoms with Gasteiger partial charge in [0.05, 0.1) is 26.7 Å². The van der Waals surface area contributed by atoms with Gasteiger partial charge in [-0.2, -0.15) is 0 Å². The molecule has 1 aromatic carbocycles. The maximum absolute atomic E-state index is 11.4. The van der Waals surface area contributed by atoms with Crippen LogP contribution in [-0.2, 0) is 16.1 Å². The predicted octanol–water partition coefficient (Wildman–Crippen LogP) is 1.09. The Morgan fingerprint density at radius 1 is 1.30 bits per heavy atom. The van der Waals surface area contributed by atoms with Gasteiger partial charge in [-0.05, 0) is 31.8 Å². The number of ether oxygens (including phenoxy) is 2. The molecule has 1 amide bonds. The largest absolute Gasteiger partial charge is 0.497 e. The summed E-state index contributed by atoms with van der Waals surface area (Å²) >= 11 is 0. The van der Waals surface area contributed by atoms with Crippen molar-refractivity contribution in [3.05, 3.63) is 36.2 Å². The molecule has 0 saturated heterocycles. The number of nitrogens with one attached hydrogen (secondary N) is 1. The highest BCUT2D eigenvalue weighted by Gasteiger charge is 2.02. The molecule has 1 radical (unpaired) electrons. The van der Waals surface area contributed by atoms with Crippen LogP contribution in [0.3, 0.4) is 0 Å². The molecule has 20 heavy (non-hydrogen) atoms. The minimum Gasteiger partial charge on any atom is -0.497 e. The summed E-state index contributed by atoms with van der Waals surface area (Å²) in [6.07, 6.45) is 1.51. The summed E-state index contributed by atoms with van der Waals surface area (Å²) in [7, 11) is 5.57. The summed E-state index contributed by atoms with van der Waals surface area (Å²) in [5, 5.41) is 2.80. The molecule has 0 fully saturated rings. The Bertz CT molecular complexity index is 391. The summed E-state index contributed by atoms with van der Waals surface area (Å²) in [5.41, 5.74) is 1.05. The Kier molecular flexibility index (Phi) is 7.69. The second-order valence-corrected chi connectivity index (χ2v) is 4.66. The van der Waals surface area contributed by atoms with Gasteiger partial charge in [0.1, 0.15) is 5.75 Å². The van der Waals surface area contributed by atoms with E-state index in [-0.39, 0.29) is 5.91 Å². The van der Waals surface area contributed by atoms with E-state index in [1.165, 1.54) is 6.42 Å². The number of hydrogen-bond donors (Lipinski definition) is 1. The number of benzene rings is 1. The Hall–Kier alpha value is -1.59. The molecule has 1 rings (SSSR count). The van der Waals surface area contributed by atoms with E-state index in [1.807, 2.05) is 43.3 Å². The van der Waals surface area contributed by atoms with E-state index < -0.39 is 0 Å². The van der Waals surface area contributed by atoms with Crippen LogP contribution in [0.25, 0.3) is 0 Å². The Morgan fingerprint density at radius 3 is 2.60 bits per heavy atom. The van der Waals surface area contributed by atoms with E-state index in [1.54, 1.807) is 7.11 Å². The standard InChI is InChI=1S/C15H23N2O3/c1-17(2)10-9-16-15(18)8-11-20-12-13-4-6-14(19-3)7-5-13/h4-8H,9-12H2,1-3H3,(H,16,18). The van der Waals surface area contributed by atoms with E-state index in [4.69, 9.17) is 9.47 Å². The quantitative estimate of drug-likeness (QED) is 0.688. The van der Waals surface area contributed by atoms with Crippen molar-refractivity contribution in [3.8, 4) is 5.75 Å². The molecule has 0 atom stereocenters. The minimum atomic E-state index is -0.0958. The van der Waals surface area contributed by atoms with Crippen molar-refractivity contribution >= 4 is 5.91 Å². The molecule has 0 aliphatic rings. The van der Waals surface area contributed by atoms with Gasteiger partial charge in [0.15, 0.2) is 0 Å². The second-order valence-electron chi connectivity index (χ2n) is 4.66. The molecule has 0 aromatic heterocycles. The molecule has 0 heterocycles. The summed E-state index contributed by atoms with van der Waals surface area (Å²) in [6.45, 7) is 2.25. The first kappa shape index (κ1) is 16.5. The third-order valence-electron chi connectivity index (χ3n) is 2.67. The van der Waals surface area contributed by atoms with Crippen LogP contribution in [0.2, 0.25) is 0 Å². The van der Waals surface area contributed by atoms with Crippen LogP contribution >= 0.6 is 0 Å². The van der Waals surface area contributed by atoms with E-state index in [2.05, 4.69) is 5.32 Å². The van der Waals surface area contributed by atoms with Crippen molar-refractivity contribution < 1.29 is 14.3 Å². The Balaban J connectivity index is 2.10. The van der Waals surface area contributed by atoms with Crippen LogP contribution in [0.15, 0.2) is 24.3 Å². The molecular weight excluding hydrogens is 256 g/mol. The number of methoxy groups -OCH3 is 1. The zero-order valence-corrected chi connectivity index (χ0v) is 12.4. The van der Waals surface area contributed by atoms with Gasteiger partial charge in [-0.25, -0.2) is 0 Å². The van der Waals surface area contributed by atoms with Crippen LogP contribution < -0.4 is 10.1 Å². The fourth-order valence-corrected chi connectivity index (χ4v) is 1.51. The molecule has 0 spiro atoms. The number of rotatable bonds is 9. The second kappa shape index (κ2) is 9.34. The topological polar surface area (TPSA) is 50.8 Å². The van der Waals surface area contributed by atoms with Crippen LogP contribution in [0.1, 0.15) is 5.56 Å². The first-order chi connectivity index (χ1) is 9.61. The van der Waals surface area contributed by atoms with E-state index in [0.717, 1.165) is 17.9 Å². The fourth-order valence-electron chi connectivity index (χ4n) is 1.51. The van der Waals surface area contributed by atoms with Crippen molar-refractivity contribution in [1.82, 2.24) is 10.2 Å². The highest BCUT2D eigenvalue weighted by atomic mass is 16.5. The predicted molar refractivity (Wildman–Crippen MR) is 78.5 cm³/mol. The zero-order valence-electron chi connectivity index (χ0n) is 12.4. The Labute approximate surface area is 120 Å². The summed E-state index contributed by atoms with van der Waals surface area (Å²) < 4.78 is 10.5. The molecule has 1 aromatic rings. The van der Waals surface area contributed by atoms with Crippen LogP contribution in [-0.4, -0.2) is 51.7 Å². The third kappa shape index (κ3) is 7.11. The number of carbonyl (C=O) groups excluding carboxylic acids is 1. The van der Waals surface area contributed by atoms with Crippen LogP contribution in [0.4, 0.5) is 0 Å². The fraction of sp³-hybridized carbons (Fsp3) is 0.467. The highest BCUT2D eigenvalue weighted by molar-refractivity contribution is 5.84. The smallest absolute Gasteiger partial charge is 0.226 e. The summed E-state index contributed by atoms with van der Waals surface area (Å²) in [4.78, 5) is 13.5. The molecule has 111 valence electrons. The van der Waals surface area contributed by atoms with E-state index >= 15 is 0 Å². The summed E-state index contributed by atoms with van der Waals surface area (Å²) in [6, 6.07) is 7.65. The van der Waals surface area contributed by atoms with Crippen LogP contribution in [0.5, 0.6) is 5.75 Å². The molecule has 0 aliphatic heterocycles. The van der Waals surface area contributed by atoms with Gasteiger partial charge in [-0.3, -0.25) is 4.79 Å². The monoisotopic (exact) mass is 279 g/mol. The molecule has 5 nitrogen and oxygen atoms in total. The third-order valence-corrected chi connectivity index (χ3v) is 2.67. The van der Waals surface area contributed by atoms with Crippen molar-refractivity contribution in [3.63, 3.8) is 0 Å². The molecular formula is C15H23N2O3. The Morgan fingerprint density at radius 2 is 2.00 bits per heavy atom. The van der Waals surface area contributed by atoms with Gasteiger partial charge in [0.2, 0.25) is 5.91 Å².